The molecule has 0 saturated carbocycles. The molecule has 2 heterocycles. The van der Waals surface area contributed by atoms with E-state index in [1.165, 1.54) is 0 Å². The van der Waals surface area contributed by atoms with Crippen LogP contribution >= 0.6 is 0 Å². The number of barbiturate groups is 1. The van der Waals surface area contributed by atoms with Gasteiger partial charge < -0.3 is 9.47 Å². The molecule has 146 valence electrons. The van der Waals surface area contributed by atoms with E-state index in [1.807, 2.05) is 31.2 Å². The molecule has 0 atom stereocenters. The Morgan fingerprint density at radius 2 is 1.62 bits per heavy atom. The number of carbonyl (C=O) groups is 3. The van der Waals surface area contributed by atoms with E-state index >= 15 is 0 Å². The number of fused-ring (bicyclic) bond motifs is 1. The molecule has 0 unspecified atom stereocenters. The van der Waals surface area contributed by atoms with Gasteiger partial charge in [-0.3, -0.25) is 20.2 Å². The molecule has 0 aromatic heterocycles. The van der Waals surface area contributed by atoms with E-state index in [4.69, 9.17) is 9.47 Å². The molecule has 4 amide bonds. The minimum atomic E-state index is -0.837. The minimum absolute atomic E-state index is 0.138. The van der Waals surface area contributed by atoms with Crippen LogP contribution in [0.2, 0.25) is 0 Å². The van der Waals surface area contributed by atoms with Gasteiger partial charge in [-0.05, 0) is 42.8 Å². The number of urea groups is 1. The molecule has 1 fully saturated rings. The molecule has 7 heteroatoms. The van der Waals surface area contributed by atoms with Crippen LogP contribution in [0, 0.1) is 0 Å². The van der Waals surface area contributed by atoms with Crippen LogP contribution < -0.4 is 20.1 Å². The SMILES string of the molecule is CCCOc1ccc(C2=CC(=C3C(=O)NC(=O)NC3=O)c3ccccc3O2)cc1. The first-order valence-corrected chi connectivity index (χ1v) is 9.20. The topological polar surface area (TPSA) is 93.7 Å². The molecular formula is C22H18N2O5. The number of rotatable bonds is 4. The number of ether oxygens (including phenoxy) is 2. The van der Waals surface area contributed by atoms with Crippen LogP contribution in [0.1, 0.15) is 24.5 Å². The largest absolute Gasteiger partial charge is 0.494 e. The summed E-state index contributed by atoms with van der Waals surface area (Å²) in [6.07, 6.45) is 2.55. The Bertz CT molecular complexity index is 1040. The van der Waals surface area contributed by atoms with Crippen LogP contribution in [-0.4, -0.2) is 24.5 Å². The predicted octanol–water partition coefficient (Wildman–Crippen LogP) is 3.03. The van der Waals surface area contributed by atoms with E-state index in [2.05, 4.69) is 10.6 Å². The van der Waals surface area contributed by atoms with Crippen molar-refractivity contribution < 1.29 is 23.9 Å². The van der Waals surface area contributed by atoms with Crippen LogP contribution in [-0.2, 0) is 9.59 Å². The second-order valence-corrected chi connectivity index (χ2v) is 6.51. The summed E-state index contributed by atoms with van der Waals surface area (Å²) in [4.78, 5) is 36.2. The fourth-order valence-electron chi connectivity index (χ4n) is 3.13. The number of imide groups is 2. The number of benzene rings is 2. The molecule has 0 bridgehead atoms. The zero-order valence-electron chi connectivity index (χ0n) is 15.7. The second kappa shape index (κ2) is 7.63. The number of hydrogen-bond donors (Lipinski definition) is 2. The molecule has 4 rings (SSSR count). The van der Waals surface area contributed by atoms with Gasteiger partial charge in [0, 0.05) is 16.7 Å². The first-order valence-electron chi connectivity index (χ1n) is 9.20. The highest BCUT2D eigenvalue weighted by molar-refractivity contribution is 6.33. The van der Waals surface area contributed by atoms with Crippen LogP contribution in [0.5, 0.6) is 11.5 Å². The van der Waals surface area contributed by atoms with Gasteiger partial charge in [-0.2, -0.15) is 0 Å². The molecule has 2 aromatic carbocycles. The van der Waals surface area contributed by atoms with Crippen molar-refractivity contribution in [1.29, 1.82) is 0 Å². The summed E-state index contributed by atoms with van der Waals surface area (Å²) in [7, 11) is 0. The molecule has 2 N–H and O–H groups in total. The van der Waals surface area contributed by atoms with Gasteiger partial charge >= 0.3 is 6.03 Å². The number of nitrogens with one attached hydrogen (secondary N) is 2. The van der Waals surface area contributed by atoms with Gasteiger partial charge in [0.05, 0.1) is 6.61 Å². The zero-order chi connectivity index (χ0) is 20.4. The van der Waals surface area contributed by atoms with Gasteiger partial charge in [-0.1, -0.05) is 25.1 Å². The molecule has 1 saturated heterocycles. The minimum Gasteiger partial charge on any atom is -0.494 e. The lowest BCUT2D eigenvalue weighted by atomic mass is 9.93. The maximum absolute atomic E-state index is 12.4. The van der Waals surface area contributed by atoms with E-state index < -0.39 is 17.8 Å². The van der Waals surface area contributed by atoms with Crippen molar-refractivity contribution in [3.05, 3.63) is 71.3 Å². The van der Waals surface area contributed by atoms with Crippen molar-refractivity contribution in [2.75, 3.05) is 6.61 Å². The second-order valence-electron chi connectivity index (χ2n) is 6.51. The Morgan fingerprint density at radius 3 is 2.31 bits per heavy atom. The lowest BCUT2D eigenvalue weighted by Gasteiger charge is -2.23. The number of hydrogen-bond acceptors (Lipinski definition) is 5. The van der Waals surface area contributed by atoms with E-state index in [0.717, 1.165) is 17.7 Å². The van der Waals surface area contributed by atoms with E-state index in [1.54, 1.807) is 30.3 Å². The Labute approximate surface area is 167 Å². The van der Waals surface area contributed by atoms with Crippen LogP contribution in [0.25, 0.3) is 11.3 Å². The van der Waals surface area contributed by atoms with Crippen molar-refractivity contribution in [2.24, 2.45) is 0 Å². The first kappa shape index (κ1) is 18.5. The van der Waals surface area contributed by atoms with Crippen molar-refractivity contribution in [3.8, 4) is 11.5 Å². The highest BCUT2D eigenvalue weighted by Gasteiger charge is 2.33. The maximum atomic E-state index is 12.4. The third-order valence-electron chi connectivity index (χ3n) is 4.46. The lowest BCUT2D eigenvalue weighted by molar-refractivity contribution is -0.123. The molecule has 7 nitrogen and oxygen atoms in total. The molecule has 2 aromatic rings. The summed E-state index contributed by atoms with van der Waals surface area (Å²) >= 11 is 0. The monoisotopic (exact) mass is 390 g/mol. The number of allylic oxidation sites excluding steroid dienone is 2. The number of amides is 4. The summed E-state index contributed by atoms with van der Waals surface area (Å²) in [6.45, 7) is 2.66. The molecule has 29 heavy (non-hydrogen) atoms. The van der Waals surface area contributed by atoms with Crippen molar-refractivity contribution in [3.63, 3.8) is 0 Å². The van der Waals surface area contributed by atoms with Gasteiger partial charge in [0.15, 0.2) is 0 Å². The van der Waals surface area contributed by atoms with Gasteiger partial charge in [-0.25, -0.2) is 4.79 Å². The Hall–Kier alpha value is -3.87. The Kier molecular flexibility index (Phi) is 4.87. The van der Waals surface area contributed by atoms with Gasteiger partial charge in [0.2, 0.25) is 0 Å². The van der Waals surface area contributed by atoms with Crippen molar-refractivity contribution in [1.82, 2.24) is 10.6 Å². The lowest BCUT2D eigenvalue weighted by Crippen LogP contribution is -2.51. The smallest absolute Gasteiger partial charge is 0.328 e. The normalized spacial score (nSPS) is 15.8. The Balaban J connectivity index is 1.79. The van der Waals surface area contributed by atoms with Gasteiger partial charge in [0.1, 0.15) is 22.8 Å². The van der Waals surface area contributed by atoms with Crippen LogP contribution in [0.3, 0.4) is 0 Å². The van der Waals surface area contributed by atoms with E-state index in [0.29, 0.717) is 29.3 Å². The highest BCUT2D eigenvalue weighted by atomic mass is 16.5. The average molecular weight is 390 g/mol. The summed E-state index contributed by atoms with van der Waals surface area (Å²) in [5.74, 6) is 0.242. The molecule has 0 spiro atoms. The third kappa shape index (κ3) is 3.62. The summed E-state index contributed by atoms with van der Waals surface area (Å²) in [5, 5.41) is 4.23. The number of carbonyl (C=O) groups excluding carboxylic acids is 3. The fourth-order valence-corrected chi connectivity index (χ4v) is 3.13. The summed E-state index contributed by atoms with van der Waals surface area (Å²) in [6, 6.07) is 13.6. The third-order valence-corrected chi connectivity index (χ3v) is 4.46. The van der Waals surface area contributed by atoms with Gasteiger partial charge in [-0.15, -0.1) is 0 Å². The van der Waals surface area contributed by atoms with Crippen molar-refractivity contribution >= 4 is 29.2 Å². The predicted molar refractivity (Wildman–Crippen MR) is 106 cm³/mol. The van der Waals surface area contributed by atoms with Crippen LogP contribution in [0.4, 0.5) is 4.79 Å². The quantitative estimate of drug-likeness (QED) is 0.618. The molecule has 0 radical (unpaired) electrons. The first-order chi connectivity index (χ1) is 14.1. The summed E-state index contributed by atoms with van der Waals surface area (Å²) in [5.41, 5.74) is 1.60. The molecule has 2 aliphatic heterocycles. The maximum Gasteiger partial charge on any atom is 0.328 e. The van der Waals surface area contributed by atoms with Crippen molar-refractivity contribution in [2.45, 2.75) is 13.3 Å². The van der Waals surface area contributed by atoms with Gasteiger partial charge in [0.25, 0.3) is 11.8 Å². The summed E-state index contributed by atoms with van der Waals surface area (Å²) < 4.78 is 11.6. The van der Waals surface area contributed by atoms with E-state index in [9.17, 15) is 14.4 Å². The number of para-hydroxylation sites is 1. The van der Waals surface area contributed by atoms with E-state index in [-0.39, 0.29) is 5.57 Å². The Morgan fingerprint density at radius 1 is 0.931 bits per heavy atom. The highest BCUT2D eigenvalue weighted by Crippen LogP contribution is 2.39. The molecule has 0 aliphatic carbocycles. The average Bonchev–Trinajstić information content (AvgIpc) is 2.71. The fraction of sp³-hybridized carbons (Fsp3) is 0.136. The molecular weight excluding hydrogens is 372 g/mol. The standard InChI is InChI=1S/C22H18N2O5/c1-2-11-28-14-9-7-13(8-10-14)18-12-16(15-5-3-4-6-17(15)29-18)19-20(25)23-22(27)24-21(19)26/h3-10,12H,2,11H2,1H3,(H2,23,24,25,26,27). The van der Waals surface area contributed by atoms with Crippen LogP contribution in [0.15, 0.2) is 60.2 Å². The molecule has 2 aliphatic rings. The zero-order valence-corrected chi connectivity index (χ0v) is 15.7.